The highest BCUT2D eigenvalue weighted by molar-refractivity contribution is 9.10. The predicted octanol–water partition coefficient (Wildman–Crippen LogP) is 5.12. The summed E-state index contributed by atoms with van der Waals surface area (Å²) in [4.78, 5) is 37.5. The van der Waals surface area contributed by atoms with E-state index in [1.54, 1.807) is 60.7 Å². The Morgan fingerprint density at radius 2 is 1.52 bits per heavy atom. The fraction of sp³-hybridized carbons (Fsp3) is 0.0455. The smallest absolute Gasteiger partial charge is 0.408 e. The first kappa shape index (κ1) is 19.4. The number of Topliss-reactive ketones (excluding diaryl/α,β-unsaturated/α-hetero) is 1. The molecule has 0 N–H and O–H groups in total. The van der Waals surface area contributed by atoms with Crippen molar-refractivity contribution in [3.8, 4) is 0 Å². The van der Waals surface area contributed by atoms with E-state index >= 15 is 0 Å². The van der Waals surface area contributed by atoms with Gasteiger partial charge in [-0.1, -0.05) is 39.7 Å². The molecule has 0 fully saturated rings. The van der Waals surface area contributed by atoms with E-state index in [0.717, 1.165) is 4.47 Å². The molecule has 4 aromatic rings. The average molecular weight is 471 g/mol. The average Bonchev–Trinajstić information content (AvgIpc) is 3.03. The highest BCUT2D eigenvalue weighted by atomic mass is 79.9. The van der Waals surface area contributed by atoms with E-state index in [2.05, 4.69) is 15.9 Å². The van der Waals surface area contributed by atoms with Crippen LogP contribution in [0, 0.1) is 0 Å². The maximum atomic E-state index is 12.7. The molecule has 3 aromatic carbocycles. The van der Waals surface area contributed by atoms with E-state index in [4.69, 9.17) is 16.0 Å². The van der Waals surface area contributed by atoms with Crippen LogP contribution in [0.4, 0.5) is 0 Å². The van der Waals surface area contributed by atoms with Crippen LogP contribution in [-0.4, -0.2) is 16.1 Å². The number of hydrogen-bond donors (Lipinski definition) is 0. The zero-order chi connectivity index (χ0) is 20.5. The molecule has 0 saturated carbocycles. The van der Waals surface area contributed by atoms with Crippen molar-refractivity contribution < 1.29 is 14.0 Å². The van der Waals surface area contributed by atoms with Crippen molar-refractivity contribution in [1.29, 1.82) is 0 Å². The van der Waals surface area contributed by atoms with Gasteiger partial charge < -0.3 is 4.42 Å². The third kappa shape index (κ3) is 3.95. The van der Waals surface area contributed by atoms with Gasteiger partial charge in [0.05, 0.1) is 12.1 Å². The first-order valence-corrected chi connectivity index (χ1v) is 9.82. The third-order valence-corrected chi connectivity index (χ3v) is 5.29. The van der Waals surface area contributed by atoms with Crippen LogP contribution < -0.4 is 5.76 Å². The van der Waals surface area contributed by atoms with Crippen LogP contribution in [0.3, 0.4) is 0 Å². The predicted molar refractivity (Wildman–Crippen MR) is 114 cm³/mol. The van der Waals surface area contributed by atoms with Gasteiger partial charge in [0, 0.05) is 26.2 Å². The fourth-order valence-corrected chi connectivity index (χ4v) is 3.39. The molecule has 1 aromatic heterocycles. The van der Waals surface area contributed by atoms with Gasteiger partial charge in [0.2, 0.25) is 0 Å². The van der Waals surface area contributed by atoms with E-state index in [1.165, 1.54) is 10.6 Å². The maximum absolute atomic E-state index is 12.7. The number of benzene rings is 3. The molecule has 29 heavy (non-hydrogen) atoms. The minimum Gasteiger partial charge on any atom is -0.408 e. The van der Waals surface area contributed by atoms with Gasteiger partial charge in [-0.3, -0.25) is 14.2 Å². The fourth-order valence-electron chi connectivity index (χ4n) is 3.00. The topological polar surface area (TPSA) is 69.3 Å². The van der Waals surface area contributed by atoms with Crippen LogP contribution in [0.15, 0.2) is 80.4 Å². The Morgan fingerprint density at radius 1 is 0.897 bits per heavy atom. The quantitative estimate of drug-likeness (QED) is 0.379. The van der Waals surface area contributed by atoms with Crippen LogP contribution in [0.1, 0.15) is 26.3 Å². The highest BCUT2D eigenvalue weighted by Gasteiger charge is 2.17. The molecule has 4 rings (SSSR count). The van der Waals surface area contributed by atoms with Crippen molar-refractivity contribution in [3.05, 3.63) is 103 Å². The van der Waals surface area contributed by atoms with Crippen LogP contribution in [0.2, 0.25) is 5.02 Å². The first-order chi connectivity index (χ1) is 13.9. The minimum atomic E-state index is -0.651. The molecule has 7 heteroatoms. The maximum Gasteiger partial charge on any atom is 0.420 e. The molecule has 0 aliphatic rings. The van der Waals surface area contributed by atoms with Gasteiger partial charge in [-0.05, 0) is 54.6 Å². The van der Waals surface area contributed by atoms with E-state index in [1.807, 2.05) is 0 Å². The molecule has 0 saturated heterocycles. The summed E-state index contributed by atoms with van der Waals surface area (Å²) in [5.41, 5.74) is 2.04. The number of nitrogens with zero attached hydrogens (tertiary/aromatic N) is 1. The second-order valence-corrected chi connectivity index (χ2v) is 7.75. The van der Waals surface area contributed by atoms with Crippen molar-refractivity contribution >= 4 is 50.2 Å². The zero-order valence-electron chi connectivity index (χ0n) is 14.9. The summed E-state index contributed by atoms with van der Waals surface area (Å²) < 4.78 is 7.39. The van der Waals surface area contributed by atoms with Crippen LogP contribution in [0.25, 0.3) is 11.1 Å². The van der Waals surface area contributed by atoms with Gasteiger partial charge in [0.15, 0.2) is 17.1 Å². The standard InChI is InChI=1S/C22H13BrClNO4/c23-16-6-1-13(2-7-16)19(26)12-25-18-10-5-15(11-20(18)29-22(25)28)21(27)14-3-8-17(24)9-4-14/h1-11H,12H2. The van der Waals surface area contributed by atoms with Gasteiger partial charge >= 0.3 is 5.76 Å². The van der Waals surface area contributed by atoms with Gasteiger partial charge in [0.1, 0.15) is 0 Å². The summed E-state index contributed by atoms with van der Waals surface area (Å²) in [6, 6.07) is 18.2. The second-order valence-electron chi connectivity index (χ2n) is 6.40. The van der Waals surface area contributed by atoms with E-state index in [9.17, 15) is 14.4 Å². The number of halogens is 2. The van der Waals surface area contributed by atoms with Gasteiger partial charge in [-0.2, -0.15) is 0 Å². The Labute approximate surface area is 178 Å². The number of hydrogen-bond acceptors (Lipinski definition) is 4. The summed E-state index contributed by atoms with van der Waals surface area (Å²) >= 11 is 9.18. The summed E-state index contributed by atoms with van der Waals surface area (Å²) in [7, 11) is 0. The summed E-state index contributed by atoms with van der Waals surface area (Å²) in [6.07, 6.45) is 0. The Morgan fingerprint density at radius 3 is 2.21 bits per heavy atom. The van der Waals surface area contributed by atoms with E-state index in [0.29, 0.717) is 27.2 Å². The lowest BCUT2D eigenvalue weighted by Gasteiger charge is -2.04. The van der Waals surface area contributed by atoms with Crippen molar-refractivity contribution in [3.63, 3.8) is 0 Å². The molecular weight excluding hydrogens is 458 g/mol. The van der Waals surface area contributed by atoms with Crippen molar-refractivity contribution in [1.82, 2.24) is 4.57 Å². The van der Waals surface area contributed by atoms with Crippen molar-refractivity contribution in [2.24, 2.45) is 0 Å². The number of oxazole rings is 1. The largest absolute Gasteiger partial charge is 0.420 e. The molecule has 0 radical (unpaired) electrons. The summed E-state index contributed by atoms with van der Waals surface area (Å²) in [6.45, 7) is -0.155. The van der Waals surface area contributed by atoms with Crippen LogP contribution >= 0.6 is 27.5 Å². The Kier molecular flexibility index (Phi) is 5.22. The molecule has 5 nitrogen and oxygen atoms in total. The van der Waals surface area contributed by atoms with Gasteiger partial charge in [-0.15, -0.1) is 0 Å². The molecule has 0 spiro atoms. The SMILES string of the molecule is O=C(Cn1c(=O)oc2cc(C(=O)c3ccc(Cl)cc3)ccc21)c1ccc(Br)cc1. The second kappa shape index (κ2) is 7.81. The van der Waals surface area contributed by atoms with Crippen molar-refractivity contribution in [2.75, 3.05) is 0 Å². The number of ketones is 2. The normalized spacial score (nSPS) is 11.0. The van der Waals surface area contributed by atoms with Crippen LogP contribution in [0.5, 0.6) is 0 Å². The first-order valence-electron chi connectivity index (χ1n) is 8.65. The molecule has 144 valence electrons. The lowest BCUT2D eigenvalue weighted by atomic mass is 10.0. The van der Waals surface area contributed by atoms with Crippen LogP contribution in [-0.2, 0) is 6.54 Å². The van der Waals surface area contributed by atoms with Gasteiger partial charge in [0.25, 0.3) is 0 Å². The highest BCUT2D eigenvalue weighted by Crippen LogP contribution is 2.20. The van der Waals surface area contributed by atoms with E-state index in [-0.39, 0.29) is 23.7 Å². The number of fused-ring (bicyclic) bond motifs is 1. The number of carbonyl (C=O) groups is 2. The molecule has 0 atom stereocenters. The Hall–Kier alpha value is -2.96. The lowest BCUT2D eigenvalue weighted by molar-refractivity contribution is 0.0969. The molecule has 0 unspecified atom stereocenters. The zero-order valence-corrected chi connectivity index (χ0v) is 17.2. The molecular formula is C22H13BrClNO4. The van der Waals surface area contributed by atoms with Crippen molar-refractivity contribution in [2.45, 2.75) is 6.54 Å². The Bertz CT molecular complexity index is 1290. The molecule has 0 aliphatic heterocycles. The van der Waals surface area contributed by atoms with Gasteiger partial charge in [-0.25, -0.2) is 4.79 Å². The molecule has 1 heterocycles. The Balaban J connectivity index is 1.65. The molecule has 0 aliphatic carbocycles. The number of carbonyl (C=O) groups excluding carboxylic acids is 2. The summed E-state index contributed by atoms with van der Waals surface area (Å²) in [5.74, 6) is -1.09. The monoisotopic (exact) mass is 469 g/mol. The number of rotatable bonds is 5. The van der Waals surface area contributed by atoms with E-state index < -0.39 is 5.76 Å². The third-order valence-electron chi connectivity index (χ3n) is 4.50. The number of aromatic nitrogens is 1. The molecule has 0 bridgehead atoms. The minimum absolute atomic E-state index is 0.155. The lowest BCUT2D eigenvalue weighted by Crippen LogP contribution is -2.20. The molecule has 0 amide bonds. The summed E-state index contributed by atoms with van der Waals surface area (Å²) in [5, 5.41) is 0.538.